The minimum absolute atomic E-state index is 0.0556. The van der Waals surface area contributed by atoms with Crippen molar-refractivity contribution in [2.75, 3.05) is 0 Å². The van der Waals surface area contributed by atoms with Gasteiger partial charge in [0.25, 0.3) is 0 Å². The van der Waals surface area contributed by atoms with Crippen molar-refractivity contribution in [3.63, 3.8) is 0 Å². The molecule has 0 bridgehead atoms. The molecule has 0 amide bonds. The molecule has 0 spiro atoms. The molecule has 0 rings (SSSR count). The Labute approximate surface area is 58.3 Å². The van der Waals surface area contributed by atoms with E-state index in [2.05, 4.69) is 0 Å². The maximum atomic E-state index is 8.40. The summed E-state index contributed by atoms with van der Waals surface area (Å²) in [5, 5.41) is 0. The van der Waals surface area contributed by atoms with E-state index in [-0.39, 0.29) is 39.8 Å². The molecule has 0 aliphatic rings. The molecule has 0 heterocycles. The summed E-state index contributed by atoms with van der Waals surface area (Å²) in [5.74, 6) is 0. The first-order valence-electron chi connectivity index (χ1n) is 0.612. The van der Waals surface area contributed by atoms with Gasteiger partial charge in [0.05, 0.1) is 0 Å². The van der Waals surface area contributed by atoms with E-state index in [0.717, 1.165) is 0 Å². The van der Waals surface area contributed by atoms with Crippen molar-refractivity contribution < 1.29 is 49.6 Å². The van der Waals surface area contributed by atoms with Crippen LogP contribution in [0.15, 0.2) is 0 Å². The first kappa shape index (κ1) is 9.37. The second-order valence-electron chi connectivity index (χ2n) is 0.0833. The van der Waals surface area contributed by atoms with E-state index in [1.54, 1.807) is 0 Å². The van der Waals surface area contributed by atoms with Gasteiger partial charge in [0.15, 0.2) is 0 Å². The summed E-state index contributed by atoms with van der Waals surface area (Å²) in [4.78, 5) is 0. The number of rotatable bonds is 0. The van der Waals surface area contributed by atoms with Crippen molar-refractivity contribution in [1.82, 2.24) is 0 Å². The summed E-state index contributed by atoms with van der Waals surface area (Å²) in [6, 6.07) is 0. The van der Waals surface area contributed by atoms with E-state index >= 15 is 0 Å². The molecular formula is CeO3Si. The van der Waals surface area contributed by atoms with Crippen molar-refractivity contribution in [3.05, 3.63) is 0 Å². The van der Waals surface area contributed by atoms with Gasteiger partial charge in [-0.05, 0) is 0 Å². The molecule has 5 heavy (non-hydrogen) atoms. The van der Waals surface area contributed by atoms with Crippen molar-refractivity contribution in [2.45, 2.75) is 0 Å². The Bertz CT molecular complexity index is 36.2. The average Bonchev–Trinajstić information content (AvgIpc) is 1.46. The summed E-state index contributed by atoms with van der Waals surface area (Å²) in [7, 11) is -1.42. The SMILES string of the molecule is O=[Si]=O.[O]=[Ce]. The normalized spacial score (nSPS) is 2.20. The van der Waals surface area contributed by atoms with Crippen molar-refractivity contribution >= 4 is 9.29 Å². The molecule has 0 radical (unpaired) electrons. The molecule has 0 aliphatic heterocycles. The Hall–Kier alpha value is 0.994. The van der Waals surface area contributed by atoms with Crippen molar-refractivity contribution in [3.8, 4) is 0 Å². The molecule has 0 unspecified atom stereocenters. The van der Waals surface area contributed by atoms with E-state index in [9.17, 15) is 0 Å². The van der Waals surface area contributed by atoms with Crippen LogP contribution in [0.1, 0.15) is 0 Å². The van der Waals surface area contributed by atoms with Gasteiger partial charge in [0.1, 0.15) is 0 Å². The van der Waals surface area contributed by atoms with Crippen LogP contribution in [0.5, 0.6) is 0 Å². The van der Waals surface area contributed by atoms with Crippen LogP contribution in [0.3, 0.4) is 0 Å². The standard InChI is InChI=1S/Ce.O2Si.O/c;1-3-2;. The molecule has 0 atom stereocenters. The molecule has 0 fully saturated rings. The van der Waals surface area contributed by atoms with Crippen LogP contribution in [0.4, 0.5) is 0 Å². The van der Waals surface area contributed by atoms with Gasteiger partial charge in [-0.2, -0.15) is 0 Å². The van der Waals surface area contributed by atoms with Gasteiger partial charge in [0, 0.05) is 0 Å². The van der Waals surface area contributed by atoms with E-state index in [1.807, 2.05) is 0 Å². The van der Waals surface area contributed by atoms with Gasteiger partial charge >= 0.3 is 50.0 Å². The molecule has 0 aromatic heterocycles. The van der Waals surface area contributed by atoms with E-state index < -0.39 is 9.29 Å². The number of hydrogen-bond donors (Lipinski definition) is 0. The molecule has 3 nitrogen and oxygen atoms in total. The second kappa shape index (κ2) is 20.0. The van der Waals surface area contributed by atoms with E-state index in [1.165, 1.54) is 0 Å². The first-order chi connectivity index (χ1) is 2.41. The van der Waals surface area contributed by atoms with Gasteiger partial charge in [0.2, 0.25) is 0 Å². The fraction of sp³-hybridized carbons (Fsp3) is 0. The second-order valence-corrected chi connectivity index (χ2v) is 0.250. The average molecular weight is 216 g/mol. The summed E-state index contributed by atoms with van der Waals surface area (Å²) < 4.78 is 25.2. The van der Waals surface area contributed by atoms with Crippen LogP contribution in [-0.2, 0) is 9.86 Å². The number of hydrogen-bond acceptors (Lipinski definition) is 3. The molecular weight excluding hydrogens is 216 g/mol. The summed E-state index contributed by atoms with van der Waals surface area (Å²) in [5.41, 5.74) is 0. The quantitative estimate of drug-likeness (QED) is 0.501. The zero-order chi connectivity index (χ0) is 4.71. The molecule has 5 heteroatoms. The Morgan fingerprint density at radius 3 is 1.20 bits per heavy atom. The first-order valence-corrected chi connectivity index (χ1v) is 2.71. The molecule has 0 aliphatic carbocycles. The van der Waals surface area contributed by atoms with Gasteiger partial charge in [-0.1, -0.05) is 0 Å². The minimum atomic E-state index is -1.42. The van der Waals surface area contributed by atoms with Crippen LogP contribution in [0.2, 0.25) is 0 Å². The van der Waals surface area contributed by atoms with Crippen LogP contribution in [-0.4, -0.2) is 9.29 Å². The van der Waals surface area contributed by atoms with E-state index in [4.69, 9.17) is 9.86 Å². The monoisotopic (exact) mass is 216 g/mol. The third-order valence-corrected chi connectivity index (χ3v) is 0. The van der Waals surface area contributed by atoms with Crippen molar-refractivity contribution in [1.29, 1.82) is 0 Å². The zero-order valence-electron chi connectivity index (χ0n) is 2.22. The van der Waals surface area contributed by atoms with Crippen LogP contribution >= 0.6 is 0 Å². The van der Waals surface area contributed by atoms with Crippen LogP contribution < -0.4 is 0 Å². The van der Waals surface area contributed by atoms with Gasteiger partial charge in [-0.25, -0.2) is 0 Å². The van der Waals surface area contributed by atoms with Gasteiger partial charge in [-0.15, -0.1) is 0 Å². The molecule has 0 aromatic rings. The molecule has 0 aromatic carbocycles. The third kappa shape index (κ3) is 45.3. The fourth-order valence-electron chi connectivity index (χ4n) is 0. The topological polar surface area (TPSA) is 51.2 Å². The van der Waals surface area contributed by atoms with Crippen LogP contribution in [0.25, 0.3) is 0 Å². The molecule has 0 N–H and O–H groups in total. The fourth-order valence-corrected chi connectivity index (χ4v) is 0. The Balaban J connectivity index is 0. The third-order valence-electron chi connectivity index (χ3n) is 0. The van der Waals surface area contributed by atoms with Gasteiger partial charge in [-0.3, -0.25) is 8.92 Å². The summed E-state index contributed by atoms with van der Waals surface area (Å²) in [6.07, 6.45) is 0. The van der Waals surface area contributed by atoms with E-state index in [0.29, 0.717) is 0 Å². The van der Waals surface area contributed by atoms with Crippen molar-refractivity contribution in [2.24, 2.45) is 0 Å². The molecule has 26 valence electrons. The van der Waals surface area contributed by atoms with Gasteiger partial charge < -0.3 is 0 Å². The predicted octanol–water partition coefficient (Wildman–Crippen LogP) is -0.737. The maximum absolute atomic E-state index is 8.40. The Kier molecular flexibility index (Phi) is 37.6. The Morgan fingerprint density at radius 2 is 1.20 bits per heavy atom. The molecule has 0 saturated carbocycles. The van der Waals surface area contributed by atoms with Crippen LogP contribution in [0, 0.1) is 39.8 Å². The summed E-state index contributed by atoms with van der Waals surface area (Å²) >= 11 is 0.0556. The Morgan fingerprint density at radius 1 is 1.20 bits per heavy atom. The summed E-state index contributed by atoms with van der Waals surface area (Å²) in [6.45, 7) is 0. The molecule has 0 saturated heterocycles. The predicted molar refractivity (Wildman–Crippen MR) is 7.81 cm³/mol. The zero-order valence-corrected chi connectivity index (χ0v) is 6.36.